The number of hydrogen-bond acceptors (Lipinski definition) is 4. The van der Waals surface area contributed by atoms with Crippen LogP contribution in [0, 0.1) is 0 Å². The number of aromatic nitrogens is 2. The summed E-state index contributed by atoms with van der Waals surface area (Å²) in [4.78, 5) is 11.9. The summed E-state index contributed by atoms with van der Waals surface area (Å²) in [6.45, 7) is 0. The zero-order valence-electron chi connectivity index (χ0n) is 9.93. The molecule has 17 heavy (non-hydrogen) atoms. The molecular formula is C11H18N4OS. The first-order valence-electron chi connectivity index (χ1n) is 5.79. The molecule has 1 aliphatic rings. The Kier molecular flexibility index (Phi) is 4.06. The number of amides is 1. The number of carbonyl (C=O) groups excluding carboxylic acids is 1. The van der Waals surface area contributed by atoms with Crippen LogP contribution < -0.4 is 11.1 Å². The zero-order chi connectivity index (χ0) is 12.3. The maximum atomic E-state index is 11.9. The van der Waals surface area contributed by atoms with Gasteiger partial charge in [0.05, 0.1) is 6.20 Å². The van der Waals surface area contributed by atoms with Gasteiger partial charge in [0.2, 0.25) is 5.91 Å². The second-order valence-corrected chi connectivity index (χ2v) is 5.50. The summed E-state index contributed by atoms with van der Waals surface area (Å²) in [5, 5.41) is 7.02. The molecule has 6 heteroatoms. The molecule has 0 saturated carbocycles. The van der Waals surface area contributed by atoms with Gasteiger partial charge in [-0.1, -0.05) is 0 Å². The molecule has 1 amide bonds. The lowest BCUT2D eigenvalue weighted by Gasteiger charge is -2.23. The molecule has 0 aromatic carbocycles. The number of aryl methyl sites for hydroxylation is 1. The number of nitrogens with two attached hydrogens (primary N) is 1. The molecule has 3 N–H and O–H groups in total. The van der Waals surface area contributed by atoms with Crippen molar-refractivity contribution in [2.45, 2.75) is 24.9 Å². The van der Waals surface area contributed by atoms with E-state index in [0.717, 1.165) is 24.2 Å². The topological polar surface area (TPSA) is 72.9 Å². The largest absolute Gasteiger partial charge is 0.351 e. The van der Waals surface area contributed by atoms with Gasteiger partial charge in [-0.2, -0.15) is 16.9 Å². The Labute approximate surface area is 105 Å². The van der Waals surface area contributed by atoms with Gasteiger partial charge in [-0.25, -0.2) is 0 Å². The first-order chi connectivity index (χ1) is 8.16. The number of nitrogens with one attached hydrogen (secondary N) is 1. The summed E-state index contributed by atoms with van der Waals surface area (Å²) >= 11 is 1.88. The second-order valence-electron chi connectivity index (χ2n) is 4.35. The fourth-order valence-corrected chi connectivity index (χ4v) is 2.97. The molecular weight excluding hydrogens is 236 g/mol. The van der Waals surface area contributed by atoms with Gasteiger partial charge in [-0.15, -0.1) is 0 Å². The predicted molar refractivity (Wildman–Crippen MR) is 68.6 cm³/mol. The van der Waals surface area contributed by atoms with Gasteiger partial charge in [0.1, 0.15) is 6.04 Å². The average molecular weight is 254 g/mol. The van der Waals surface area contributed by atoms with Crippen molar-refractivity contribution in [1.29, 1.82) is 0 Å². The van der Waals surface area contributed by atoms with Crippen molar-refractivity contribution in [1.82, 2.24) is 15.1 Å². The van der Waals surface area contributed by atoms with Crippen molar-refractivity contribution in [3.05, 3.63) is 18.0 Å². The highest BCUT2D eigenvalue weighted by molar-refractivity contribution is 7.99. The molecule has 1 aromatic rings. The highest BCUT2D eigenvalue weighted by Gasteiger charge is 2.21. The van der Waals surface area contributed by atoms with Gasteiger partial charge >= 0.3 is 0 Å². The summed E-state index contributed by atoms with van der Waals surface area (Å²) in [6.07, 6.45) is 5.63. The first kappa shape index (κ1) is 12.4. The summed E-state index contributed by atoms with van der Waals surface area (Å²) < 4.78 is 1.65. The molecule has 1 aromatic heterocycles. The Morgan fingerprint density at radius 1 is 1.76 bits per heavy atom. The number of nitrogens with zero attached hydrogens (tertiary/aromatic N) is 2. The molecule has 0 aliphatic carbocycles. The van der Waals surface area contributed by atoms with Gasteiger partial charge in [0.25, 0.3) is 0 Å². The van der Waals surface area contributed by atoms with Crippen LogP contribution in [0.5, 0.6) is 0 Å². The Bertz CT molecular complexity index is 387. The van der Waals surface area contributed by atoms with E-state index < -0.39 is 6.04 Å². The molecule has 2 heterocycles. The highest BCUT2D eigenvalue weighted by atomic mass is 32.2. The Balaban J connectivity index is 1.90. The third-order valence-corrected chi connectivity index (χ3v) is 4.09. The van der Waals surface area contributed by atoms with Crippen LogP contribution in [-0.2, 0) is 11.8 Å². The standard InChI is InChI=1S/C11H18N4OS/c1-15-6-8(5-13-15)10(12)11(16)14-9-3-2-4-17-7-9/h5-6,9-10H,2-4,7,12H2,1H3,(H,14,16). The molecule has 94 valence electrons. The SMILES string of the molecule is Cn1cc(C(N)C(=O)NC2CCCSC2)cn1. The van der Waals surface area contributed by atoms with Crippen molar-refractivity contribution < 1.29 is 4.79 Å². The molecule has 1 aliphatic heterocycles. The van der Waals surface area contributed by atoms with Crippen LogP contribution in [0.15, 0.2) is 12.4 Å². The molecule has 0 bridgehead atoms. The maximum Gasteiger partial charge on any atom is 0.241 e. The molecule has 1 saturated heterocycles. The number of carbonyl (C=O) groups is 1. The summed E-state index contributed by atoms with van der Waals surface area (Å²) in [5.74, 6) is 2.08. The zero-order valence-corrected chi connectivity index (χ0v) is 10.7. The van der Waals surface area contributed by atoms with Gasteiger partial charge in [0.15, 0.2) is 0 Å². The number of hydrogen-bond donors (Lipinski definition) is 2. The first-order valence-corrected chi connectivity index (χ1v) is 6.94. The van der Waals surface area contributed by atoms with Crippen LogP contribution in [0.25, 0.3) is 0 Å². The van der Waals surface area contributed by atoms with E-state index in [1.807, 2.05) is 18.8 Å². The fourth-order valence-electron chi connectivity index (χ4n) is 1.90. The van der Waals surface area contributed by atoms with E-state index in [-0.39, 0.29) is 11.9 Å². The van der Waals surface area contributed by atoms with Crippen molar-refractivity contribution in [2.75, 3.05) is 11.5 Å². The monoisotopic (exact) mass is 254 g/mol. The van der Waals surface area contributed by atoms with Gasteiger partial charge in [0, 0.05) is 30.6 Å². The lowest BCUT2D eigenvalue weighted by Crippen LogP contribution is -2.43. The highest BCUT2D eigenvalue weighted by Crippen LogP contribution is 2.18. The average Bonchev–Trinajstić information content (AvgIpc) is 2.76. The lowest BCUT2D eigenvalue weighted by atomic mass is 10.1. The van der Waals surface area contributed by atoms with Crippen molar-refractivity contribution in [2.24, 2.45) is 12.8 Å². The van der Waals surface area contributed by atoms with E-state index in [9.17, 15) is 4.79 Å². The molecule has 1 fully saturated rings. The van der Waals surface area contributed by atoms with Crippen molar-refractivity contribution in [3.8, 4) is 0 Å². The molecule has 2 atom stereocenters. The lowest BCUT2D eigenvalue weighted by molar-refractivity contribution is -0.123. The molecule has 2 rings (SSSR count). The van der Waals surface area contributed by atoms with Crippen molar-refractivity contribution in [3.63, 3.8) is 0 Å². The van der Waals surface area contributed by atoms with E-state index in [1.165, 1.54) is 5.75 Å². The van der Waals surface area contributed by atoms with E-state index in [1.54, 1.807) is 17.1 Å². The van der Waals surface area contributed by atoms with Crippen LogP contribution >= 0.6 is 11.8 Å². The number of thioether (sulfide) groups is 1. The van der Waals surface area contributed by atoms with E-state index in [0.29, 0.717) is 0 Å². The predicted octanol–water partition coefficient (Wildman–Crippen LogP) is 0.432. The summed E-state index contributed by atoms with van der Waals surface area (Å²) in [6, 6.07) is -0.348. The Hall–Kier alpha value is -1.01. The molecule has 5 nitrogen and oxygen atoms in total. The fraction of sp³-hybridized carbons (Fsp3) is 0.636. The van der Waals surface area contributed by atoms with E-state index in [4.69, 9.17) is 5.73 Å². The Morgan fingerprint density at radius 3 is 3.18 bits per heavy atom. The molecule has 0 spiro atoms. The van der Waals surface area contributed by atoms with Crippen molar-refractivity contribution >= 4 is 17.7 Å². The summed E-state index contributed by atoms with van der Waals surface area (Å²) in [7, 11) is 1.81. The van der Waals surface area contributed by atoms with Crippen LogP contribution in [0.2, 0.25) is 0 Å². The third kappa shape index (κ3) is 3.23. The van der Waals surface area contributed by atoms with Crippen LogP contribution in [0.4, 0.5) is 0 Å². The second kappa shape index (κ2) is 5.55. The number of rotatable bonds is 3. The molecule has 2 unspecified atom stereocenters. The minimum absolute atomic E-state index is 0.106. The van der Waals surface area contributed by atoms with Crippen LogP contribution in [-0.4, -0.2) is 33.2 Å². The van der Waals surface area contributed by atoms with Gasteiger partial charge in [-0.3, -0.25) is 9.48 Å². The Morgan fingerprint density at radius 2 is 2.59 bits per heavy atom. The molecule has 0 radical (unpaired) electrons. The van der Waals surface area contributed by atoms with Crippen LogP contribution in [0.3, 0.4) is 0 Å². The normalized spacial score (nSPS) is 22.1. The maximum absolute atomic E-state index is 11.9. The van der Waals surface area contributed by atoms with Crippen LogP contribution in [0.1, 0.15) is 24.4 Å². The summed E-state index contributed by atoms with van der Waals surface area (Å²) in [5.41, 5.74) is 6.65. The smallest absolute Gasteiger partial charge is 0.241 e. The van der Waals surface area contributed by atoms with E-state index >= 15 is 0 Å². The minimum atomic E-state index is -0.615. The third-order valence-electron chi connectivity index (χ3n) is 2.87. The van der Waals surface area contributed by atoms with E-state index in [2.05, 4.69) is 10.4 Å². The van der Waals surface area contributed by atoms with Gasteiger partial charge < -0.3 is 11.1 Å². The van der Waals surface area contributed by atoms with Gasteiger partial charge in [-0.05, 0) is 18.6 Å². The minimum Gasteiger partial charge on any atom is -0.351 e. The quantitative estimate of drug-likeness (QED) is 0.820.